The molecule has 0 aliphatic carbocycles. The normalized spacial score (nSPS) is 22.5. The number of nitrogens with zero attached hydrogens (tertiary/aromatic N) is 2. The van der Waals surface area contributed by atoms with E-state index in [4.69, 9.17) is 4.74 Å². The molecule has 13 heteroatoms. The highest BCUT2D eigenvalue weighted by atomic mass is 19.4. The lowest BCUT2D eigenvalue weighted by molar-refractivity contribution is -0.274. The SMILES string of the molecule is CN1CC[C@@]1(c1ccccc1OC1=NCCCC1NC(=O)Nc1ccc(OC(F)(F)F)cc1)C(F)(F)F. The van der Waals surface area contributed by atoms with Gasteiger partial charge in [-0.2, -0.15) is 13.2 Å². The Morgan fingerprint density at radius 2 is 1.78 bits per heavy atom. The van der Waals surface area contributed by atoms with Gasteiger partial charge in [0, 0.05) is 24.3 Å². The Kier molecular flexibility index (Phi) is 7.27. The maximum Gasteiger partial charge on any atom is 0.573 e. The molecule has 2 aromatic rings. The molecule has 2 amide bonds. The van der Waals surface area contributed by atoms with Crippen LogP contribution in [0.5, 0.6) is 11.5 Å². The highest BCUT2D eigenvalue weighted by Crippen LogP contribution is 2.53. The number of benzene rings is 2. The Hall–Kier alpha value is -3.48. The molecule has 2 aliphatic rings. The largest absolute Gasteiger partial charge is 0.573 e. The lowest BCUT2D eigenvalue weighted by Gasteiger charge is -2.52. The van der Waals surface area contributed by atoms with Crippen molar-refractivity contribution in [2.75, 3.05) is 25.5 Å². The number of hydrogen-bond donors (Lipinski definition) is 2. The zero-order valence-corrected chi connectivity index (χ0v) is 19.6. The van der Waals surface area contributed by atoms with Crippen molar-refractivity contribution in [2.24, 2.45) is 4.99 Å². The molecule has 2 atom stereocenters. The number of ether oxygens (including phenoxy) is 2. The van der Waals surface area contributed by atoms with Crippen LogP contribution in [0.25, 0.3) is 0 Å². The monoisotopic (exact) mass is 530 g/mol. The number of halogens is 6. The van der Waals surface area contributed by atoms with E-state index < -0.39 is 35.9 Å². The minimum atomic E-state index is -4.84. The van der Waals surface area contributed by atoms with Crippen molar-refractivity contribution in [1.82, 2.24) is 10.2 Å². The van der Waals surface area contributed by atoms with Crippen molar-refractivity contribution >= 4 is 17.6 Å². The highest BCUT2D eigenvalue weighted by molar-refractivity contribution is 5.94. The lowest BCUT2D eigenvalue weighted by Crippen LogP contribution is -2.63. The molecule has 0 spiro atoms. The van der Waals surface area contributed by atoms with Crippen LogP contribution >= 0.6 is 0 Å². The number of nitrogens with one attached hydrogen (secondary N) is 2. The van der Waals surface area contributed by atoms with Crippen LogP contribution in [0.4, 0.5) is 36.8 Å². The van der Waals surface area contributed by atoms with Gasteiger partial charge in [-0.25, -0.2) is 4.79 Å². The van der Waals surface area contributed by atoms with Gasteiger partial charge in [0.15, 0.2) is 0 Å². The van der Waals surface area contributed by atoms with Crippen molar-refractivity contribution in [3.05, 3.63) is 54.1 Å². The van der Waals surface area contributed by atoms with Gasteiger partial charge in [-0.1, -0.05) is 18.2 Å². The van der Waals surface area contributed by atoms with Gasteiger partial charge in [-0.15, -0.1) is 13.2 Å². The van der Waals surface area contributed by atoms with Crippen LogP contribution in [-0.4, -0.2) is 55.5 Å². The van der Waals surface area contributed by atoms with Crippen LogP contribution in [0, 0.1) is 0 Å². The second-order valence-electron chi connectivity index (χ2n) is 8.71. The Balaban J connectivity index is 1.46. The lowest BCUT2D eigenvalue weighted by atomic mass is 9.77. The third-order valence-electron chi connectivity index (χ3n) is 6.34. The van der Waals surface area contributed by atoms with E-state index in [1.165, 1.54) is 42.3 Å². The van der Waals surface area contributed by atoms with Crippen LogP contribution in [0.1, 0.15) is 24.8 Å². The Labute approximate surface area is 208 Å². The number of carbonyl (C=O) groups is 1. The third kappa shape index (κ3) is 5.76. The summed E-state index contributed by atoms with van der Waals surface area (Å²) in [6, 6.07) is 9.03. The second kappa shape index (κ2) is 10.1. The number of carbonyl (C=O) groups excluding carboxylic acids is 1. The number of rotatable bonds is 5. The molecule has 2 aromatic carbocycles. The van der Waals surface area contributed by atoms with E-state index in [0.29, 0.717) is 19.4 Å². The summed E-state index contributed by atoms with van der Waals surface area (Å²) >= 11 is 0. The van der Waals surface area contributed by atoms with E-state index in [0.717, 1.165) is 12.1 Å². The fourth-order valence-electron chi connectivity index (χ4n) is 4.44. The van der Waals surface area contributed by atoms with Crippen molar-refractivity contribution in [3.8, 4) is 11.5 Å². The fourth-order valence-corrected chi connectivity index (χ4v) is 4.44. The van der Waals surface area contributed by atoms with Gasteiger partial charge in [-0.3, -0.25) is 9.89 Å². The van der Waals surface area contributed by atoms with Gasteiger partial charge >= 0.3 is 18.6 Å². The van der Waals surface area contributed by atoms with Gasteiger partial charge in [0.1, 0.15) is 23.1 Å². The van der Waals surface area contributed by atoms with Gasteiger partial charge in [0.2, 0.25) is 5.90 Å². The number of hydrogen-bond acceptors (Lipinski definition) is 5. The number of para-hydroxylation sites is 1. The standard InChI is InChI=1S/C24H24F6N4O3/c1-34-14-12-22(34,23(25,26)27)17-5-2-3-7-19(17)36-20-18(6-4-13-31-20)33-21(35)32-15-8-10-16(11-9-15)37-24(28,29)30/h2-3,5,7-11,18H,4,6,12-14H2,1H3,(H2,32,33,35)/t18?,22-/m1/s1. The molecule has 1 saturated heterocycles. The molecular formula is C24H24F6N4O3. The molecule has 37 heavy (non-hydrogen) atoms. The van der Waals surface area contributed by atoms with Crippen LogP contribution in [-0.2, 0) is 5.54 Å². The summed E-state index contributed by atoms with van der Waals surface area (Å²) in [5.74, 6) is -0.373. The van der Waals surface area contributed by atoms with Gasteiger partial charge in [0.25, 0.3) is 0 Å². The van der Waals surface area contributed by atoms with Gasteiger partial charge in [-0.05, 0) is 56.6 Å². The first-order valence-electron chi connectivity index (χ1n) is 11.4. The van der Waals surface area contributed by atoms with E-state index >= 15 is 0 Å². The van der Waals surface area contributed by atoms with Crippen molar-refractivity contribution in [1.29, 1.82) is 0 Å². The zero-order valence-electron chi connectivity index (χ0n) is 19.6. The zero-order chi connectivity index (χ0) is 26.8. The van der Waals surface area contributed by atoms with Crippen LogP contribution in [0.3, 0.4) is 0 Å². The first kappa shape index (κ1) is 26.6. The number of amides is 2. The van der Waals surface area contributed by atoms with E-state index in [1.54, 1.807) is 6.07 Å². The maximum atomic E-state index is 14.2. The number of likely N-dealkylation sites (tertiary alicyclic amines) is 1. The van der Waals surface area contributed by atoms with E-state index in [-0.39, 0.29) is 35.9 Å². The van der Waals surface area contributed by atoms with Crippen LogP contribution in [0.2, 0.25) is 0 Å². The summed E-state index contributed by atoms with van der Waals surface area (Å²) in [5, 5.41) is 5.16. The molecular weight excluding hydrogens is 506 g/mol. The molecule has 2 N–H and O–H groups in total. The summed E-state index contributed by atoms with van der Waals surface area (Å²) in [7, 11) is 1.41. The van der Waals surface area contributed by atoms with E-state index in [1.807, 2.05) is 0 Å². The molecule has 7 nitrogen and oxygen atoms in total. The number of anilines is 1. The molecule has 1 unspecified atom stereocenters. The minimum Gasteiger partial charge on any atom is -0.441 e. The predicted octanol–water partition coefficient (Wildman–Crippen LogP) is 5.44. The Bertz CT molecular complexity index is 1150. The molecule has 2 aliphatic heterocycles. The smallest absolute Gasteiger partial charge is 0.441 e. The van der Waals surface area contributed by atoms with Crippen molar-refractivity contribution < 1.29 is 40.6 Å². The summed E-state index contributed by atoms with van der Waals surface area (Å²) in [6.07, 6.45) is -8.45. The Morgan fingerprint density at radius 3 is 2.38 bits per heavy atom. The number of alkyl halides is 6. The number of aliphatic imine (C=N–C) groups is 1. The minimum absolute atomic E-state index is 0.000475. The van der Waals surface area contributed by atoms with E-state index in [9.17, 15) is 31.1 Å². The summed E-state index contributed by atoms with van der Waals surface area (Å²) in [5.41, 5.74) is -2.01. The molecule has 0 bridgehead atoms. The first-order chi connectivity index (χ1) is 17.4. The topological polar surface area (TPSA) is 75.2 Å². The van der Waals surface area contributed by atoms with Crippen molar-refractivity contribution in [2.45, 2.75) is 43.4 Å². The van der Waals surface area contributed by atoms with Gasteiger partial charge in [0.05, 0.1) is 0 Å². The Morgan fingerprint density at radius 1 is 1.08 bits per heavy atom. The second-order valence-corrected chi connectivity index (χ2v) is 8.71. The molecule has 4 rings (SSSR count). The molecule has 0 aromatic heterocycles. The van der Waals surface area contributed by atoms with Crippen LogP contribution < -0.4 is 20.1 Å². The molecule has 2 heterocycles. The average Bonchev–Trinajstić information content (AvgIpc) is 2.80. The first-order valence-corrected chi connectivity index (χ1v) is 11.4. The summed E-state index contributed by atoms with van der Waals surface area (Å²) in [4.78, 5) is 18.1. The average molecular weight is 530 g/mol. The van der Waals surface area contributed by atoms with Gasteiger partial charge < -0.3 is 20.1 Å². The van der Waals surface area contributed by atoms with Crippen LogP contribution in [0.15, 0.2) is 53.5 Å². The molecule has 1 fully saturated rings. The molecule has 0 saturated carbocycles. The predicted molar refractivity (Wildman–Crippen MR) is 123 cm³/mol. The highest BCUT2D eigenvalue weighted by Gasteiger charge is 2.64. The summed E-state index contributed by atoms with van der Waals surface area (Å²) in [6.45, 7) is 0.657. The quantitative estimate of drug-likeness (QED) is 0.505. The molecule has 0 radical (unpaired) electrons. The summed E-state index contributed by atoms with van der Waals surface area (Å²) < 4.78 is 89.1. The number of urea groups is 1. The fraction of sp³-hybridized carbons (Fsp3) is 0.417. The molecule has 200 valence electrons. The third-order valence-corrected chi connectivity index (χ3v) is 6.34. The maximum absolute atomic E-state index is 14.2. The van der Waals surface area contributed by atoms with E-state index in [2.05, 4.69) is 20.4 Å². The van der Waals surface area contributed by atoms with Crippen molar-refractivity contribution in [3.63, 3.8) is 0 Å².